The standard InChI is InChI=1S/C17H17N7O2S/c1-10(2)24-17(20-22-23-24)27-9-13-18-19-16(25-13)14-11(3)26-21-15(14)12-7-5-4-6-8-12/h4-8,10H,9H2,1-3H3. The van der Waals surface area contributed by atoms with E-state index >= 15 is 0 Å². The average molecular weight is 383 g/mol. The molecule has 4 rings (SSSR count). The Morgan fingerprint density at radius 3 is 2.70 bits per heavy atom. The van der Waals surface area contributed by atoms with Gasteiger partial charge in [0.15, 0.2) is 0 Å². The fraction of sp³-hybridized carbons (Fsp3) is 0.294. The molecule has 27 heavy (non-hydrogen) atoms. The molecule has 0 fully saturated rings. The number of hydrogen-bond acceptors (Lipinski definition) is 9. The van der Waals surface area contributed by atoms with Gasteiger partial charge >= 0.3 is 0 Å². The molecule has 0 aliphatic carbocycles. The van der Waals surface area contributed by atoms with Gasteiger partial charge in [-0.15, -0.1) is 15.3 Å². The molecule has 0 radical (unpaired) electrons. The minimum absolute atomic E-state index is 0.175. The highest BCUT2D eigenvalue weighted by Crippen LogP contribution is 2.34. The van der Waals surface area contributed by atoms with Crippen LogP contribution < -0.4 is 0 Å². The van der Waals surface area contributed by atoms with Crippen molar-refractivity contribution in [3.05, 3.63) is 42.0 Å². The van der Waals surface area contributed by atoms with Crippen LogP contribution in [0, 0.1) is 6.92 Å². The molecule has 0 spiro atoms. The molecule has 0 atom stereocenters. The maximum Gasteiger partial charge on any atom is 0.253 e. The highest BCUT2D eigenvalue weighted by atomic mass is 32.2. The Morgan fingerprint density at radius 2 is 1.93 bits per heavy atom. The molecule has 4 aromatic rings. The molecule has 0 bridgehead atoms. The van der Waals surface area contributed by atoms with Gasteiger partial charge in [0.2, 0.25) is 11.0 Å². The van der Waals surface area contributed by atoms with Crippen molar-refractivity contribution in [1.29, 1.82) is 0 Å². The van der Waals surface area contributed by atoms with Gasteiger partial charge in [-0.1, -0.05) is 47.3 Å². The van der Waals surface area contributed by atoms with E-state index in [0.717, 1.165) is 5.56 Å². The van der Waals surface area contributed by atoms with E-state index in [1.165, 1.54) is 11.8 Å². The highest BCUT2D eigenvalue weighted by Gasteiger charge is 2.22. The number of thioether (sulfide) groups is 1. The highest BCUT2D eigenvalue weighted by molar-refractivity contribution is 7.98. The summed E-state index contributed by atoms with van der Waals surface area (Å²) < 4.78 is 13.0. The molecule has 0 saturated carbocycles. The van der Waals surface area contributed by atoms with E-state index in [9.17, 15) is 0 Å². The molecule has 1 aromatic carbocycles. The third-order valence-electron chi connectivity index (χ3n) is 3.87. The summed E-state index contributed by atoms with van der Waals surface area (Å²) in [6.07, 6.45) is 0. The van der Waals surface area contributed by atoms with Crippen molar-refractivity contribution in [3.8, 4) is 22.7 Å². The van der Waals surface area contributed by atoms with E-state index in [2.05, 4.69) is 30.9 Å². The molecule has 0 unspecified atom stereocenters. The topological polar surface area (TPSA) is 109 Å². The van der Waals surface area contributed by atoms with Crippen LogP contribution >= 0.6 is 11.8 Å². The second-order valence-electron chi connectivity index (χ2n) is 6.12. The lowest BCUT2D eigenvalue weighted by molar-refractivity contribution is 0.399. The lowest BCUT2D eigenvalue weighted by Crippen LogP contribution is -2.04. The summed E-state index contributed by atoms with van der Waals surface area (Å²) in [7, 11) is 0. The van der Waals surface area contributed by atoms with Crippen LogP contribution in [0.3, 0.4) is 0 Å². The lowest BCUT2D eigenvalue weighted by Gasteiger charge is -2.05. The predicted octanol–water partition coefficient (Wildman–Crippen LogP) is 3.56. The summed E-state index contributed by atoms with van der Waals surface area (Å²) >= 11 is 1.44. The Bertz CT molecular complexity index is 1040. The van der Waals surface area contributed by atoms with Gasteiger partial charge in [0.25, 0.3) is 5.89 Å². The van der Waals surface area contributed by atoms with Gasteiger partial charge < -0.3 is 8.94 Å². The first-order valence-corrected chi connectivity index (χ1v) is 9.37. The summed E-state index contributed by atoms with van der Waals surface area (Å²) in [5.41, 5.74) is 2.31. The maximum atomic E-state index is 5.85. The number of hydrogen-bond donors (Lipinski definition) is 0. The minimum atomic E-state index is 0.175. The smallest absolute Gasteiger partial charge is 0.253 e. The van der Waals surface area contributed by atoms with Crippen LogP contribution in [-0.4, -0.2) is 35.6 Å². The van der Waals surface area contributed by atoms with E-state index in [1.54, 1.807) is 4.68 Å². The van der Waals surface area contributed by atoms with E-state index in [1.807, 2.05) is 51.1 Å². The Balaban J connectivity index is 1.57. The first-order chi connectivity index (χ1) is 13.1. The number of tetrazole rings is 1. The van der Waals surface area contributed by atoms with E-state index in [-0.39, 0.29) is 6.04 Å². The molecule has 0 aliphatic rings. The fourth-order valence-electron chi connectivity index (χ4n) is 2.56. The number of rotatable bonds is 6. The summed E-state index contributed by atoms with van der Waals surface area (Å²) in [5, 5.41) is 24.9. The second kappa shape index (κ2) is 7.31. The molecule has 10 heteroatoms. The van der Waals surface area contributed by atoms with Crippen molar-refractivity contribution in [1.82, 2.24) is 35.6 Å². The summed E-state index contributed by atoms with van der Waals surface area (Å²) in [6.45, 7) is 5.86. The predicted molar refractivity (Wildman–Crippen MR) is 97.7 cm³/mol. The summed E-state index contributed by atoms with van der Waals surface area (Å²) in [5.74, 6) is 1.95. The van der Waals surface area contributed by atoms with Crippen LogP contribution in [-0.2, 0) is 5.75 Å². The van der Waals surface area contributed by atoms with Crippen LogP contribution in [0.5, 0.6) is 0 Å². The monoisotopic (exact) mass is 383 g/mol. The van der Waals surface area contributed by atoms with Crippen LogP contribution in [0.15, 0.2) is 44.4 Å². The van der Waals surface area contributed by atoms with Crippen molar-refractivity contribution in [2.75, 3.05) is 0 Å². The van der Waals surface area contributed by atoms with Gasteiger partial charge in [-0.05, 0) is 31.2 Å². The van der Waals surface area contributed by atoms with Gasteiger partial charge in [-0.25, -0.2) is 4.68 Å². The number of benzene rings is 1. The maximum absolute atomic E-state index is 5.85. The van der Waals surface area contributed by atoms with Gasteiger partial charge in [-0.3, -0.25) is 0 Å². The molecule has 0 saturated heterocycles. The van der Waals surface area contributed by atoms with Crippen LogP contribution in [0.1, 0.15) is 31.5 Å². The molecule has 0 N–H and O–H groups in total. The molecule has 9 nitrogen and oxygen atoms in total. The molecule has 138 valence electrons. The zero-order chi connectivity index (χ0) is 18.8. The van der Waals surface area contributed by atoms with Crippen molar-refractivity contribution < 1.29 is 8.94 Å². The lowest BCUT2D eigenvalue weighted by atomic mass is 10.1. The molecular formula is C17H17N7O2S. The number of aromatic nitrogens is 7. The Morgan fingerprint density at radius 1 is 1.11 bits per heavy atom. The van der Waals surface area contributed by atoms with Gasteiger partial charge in [0.1, 0.15) is 17.0 Å². The van der Waals surface area contributed by atoms with Crippen molar-refractivity contribution in [3.63, 3.8) is 0 Å². The van der Waals surface area contributed by atoms with Crippen LogP contribution in [0.4, 0.5) is 0 Å². The normalized spacial score (nSPS) is 11.4. The molecule has 3 heterocycles. The molecule has 0 amide bonds. The van der Waals surface area contributed by atoms with E-state index < -0.39 is 0 Å². The Labute approximate surface area is 159 Å². The quantitative estimate of drug-likeness (QED) is 0.462. The fourth-order valence-corrected chi connectivity index (χ4v) is 3.40. The molecule has 3 aromatic heterocycles. The number of nitrogens with zero attached hydrogens (tertiary/aromatic N) is 7. The van der Waals surface area contributed by atoms with Crippen molar-refractivity contribution in [2.24, 2.45) is 0 Å². The largest absolute Gasteiger partial charge is 0.420 e. The van der Waals surface area contributed by atoms with Gasteiger partial charge in [0.05, 0.1) is 11.8 Å². The molecule has 0 aliphatic heterocycles. The zero-order valence-electron chi connectivity index (χ0n) is 15.0. The van der Waals surface area contributed by atoms with Gasteiger partial charge in [0, 0.05) is 5.56 Å². The van der Waals surface area contributed by atoms with E-state index in [0.29, 0.717) is 39.7 Å². The second-order valence-corrected chi connectivity index (χ2v) is 7.06. The third-order valence-corrected chi connectivity index (χ3v) is 4.79. The number of aryl methyl sites for hydroxylation is 1. The van der Waals surface area contributed by atoms with Crippen molar-refractivity contribution in [2.45, 2.75) is 37.7 Å². The van der Waals surface area contributed by atoms with Gasteiger partial charge in [-0.2, -0.15) is 0 Å². The van der Waals surface area contributed by atoms with Crippen LogP contribution in [0.25, 0.3) is 22.7 Å². The zero-order valence-corrected chi connectivity index (χ0v) is 15.8. The van der Waals surface area contributed by atoms with E-state index in [4.69, 9.17) is 8.94 Å². The first-order valence-electron chi connectivity index (χ1n) is 8.38. The van der Waals surface area contributed by atoms with Crippen molar-refractivity contribution >= 4 is 11.8 Å². The summed E-state index contributed by atoms with van der Waals surface area (Å²) in [6, 6.07) is 9.92. The van der Waals surface area contributed by atoms with Crippen LogP contribution in [0.2, 0.25) is 0 Å². The Kier molecular flexibility index (Phi) is 4.71. The third kappa shape index (κ3) is 3.47. The summed E-state index contributed by atoms with van der Waals surface area (Å²) in [4.78, 5) is 0. The SMILES string of the molecule is Cc1onc(-c2ccccc2)c1-c1nnc(CSc2nnnn2C(C)C)o1. The first kappa shape index (κ1) is 17.4. The average Bonchev–Trinajstić information content (AvgIpc) is 3.39. The minimum Gasteiger partial charge on any atom is -0.420 e. The molecular weight excluding hydrogens is 366 g/mol. The Hall–Kier alpha value is -3.01.